The van der Waals surface area contributed by atoms with Gasteiger partial charge in [-0.3, -0.25) is 4.57 Å². The number of nitrogens with zero attached hydrogens (tertiary/aromatic N) is 5. The molecule has 6 heteroatoms. The molecule has 0 unspecified atom stereocenters. The van der Waals surface area contributed by atoms with Crippen LogP contribution >= 0.6 is 0 Å². The van der Waals surface area contributed by atoms with Crippen molar-refractivity contribution in [3.8, 4) is 62.1 Å². The summed E-state index contributed by atoms with van der Waals surface area (Å²) in [6, 6.07) is 58.3. The SMILES string of the molecule is C=C/C=C(\C=C)c1nc(-c2ccccc2)nc(-c2cccc3oc4ccc(-c5cccc(-c6nc7ccccc7n6-c6ccc(-c7ccccc7)cc6)c5)cc4c23)n1. The summed E-state index contributed by atoms with van der Waals surface area (Å²) in [4.78, 5) is 20.0. The van der Waals surface area contributed by atoms with Crippen molar-refractivity contribution < 1.29 is 4.42 Å². The molecule has 0 spiro atoms. The minimum absolute atomic E-state index is 0.513. The van der Waals surface area contributed by atoms with Crippen molar-refractivity contribution in [2.75, 3.05) is 0 Å². The van der Waals surface area contributed by atoms with Crippen LogP contribution in [-0.4, -0.2) is 24.5 Å². The van der Waals surface area contributed by atoms with Crippen molar-refractivity contribution in [2.24, 2.45) is 0 Å². The van der Waals surface area contributed by atoms with Crippen LogP contribution in [0, 0.1) is 0 Å². The Morgan fingerprint density at radius 2 is 1.17 bits per heavy atom. The first-order valence-corrected chi connectivity index (χ1v) is 19.1. The Hall–Kier alpha value is -7.96. The highest BCUT2D eigenvalue weighted by atomic mass is 16.3. The monoisotopic (exact) mass is 745 g/mol. The average Bonchev–Trinajstić information content (AvgIpc) is 3.87. The summed E-state index contributed by atoms with van der Waals surface area (Å²) in [5.74, 6) is 2.49. The fraction of sp³-hybridized carbons (Fsp3) is 0. The molecule has 0 aliphatic carbocycles. The summed E-state index contributed by atoms with van der Waals surface area (Å²) in [5.41, 5.74) is 12.5. The summed E-state index contributed by atoms with van der Waals surface area (Å²) in [7, 11) is 0. The molecule has 6 nitrogen and oxygen atoms in total. The molecule has 0 fully saturated rings. The van der Waals surface area contributed by atoms with E-state index in [9.17, 15) is 0 Å². The number of rotatable bonds is 9. The average molecular weight is 746 g/mol. The van der Waals surface area contributed by atoms with Gasteiger partial charge in [0.05, 0.1) is 11.0 Å². The summed E-state index contributed by atoms with van der Waals surface area (Å²) in [5, 5.41) is 1.90. The second-order valence-electron chi connectivity index (χ2n) is 14.0. The maximum absolute atomic E-state index is 6.46. The number of hydrogen-bond acceptors (Lipinski definition) is 5. The van der Waals surface area contributed by atoms with Gasteiger partial charge >= 0.3 is 0 Å². The van der Waals surface area contributed by atoms with E-state index in [2.05, 4.69) is 121 Å². The molecule has 0 radical (unpaired) electrons. The molecular weight excluding hydrogens is 711 g/mol. The van der Waals surface area contributed by atoms with E-state index in [0.29, 0.717) is 17.5 Å². The van der Waals surface area contributed by atoms with E-state index in [4.69, 9.17) is 24.4 Å². The van der Waals surface area contributed by atoms with E-state index in [1.165, 1.54) is 11.1 Å². The maximum atomic E-state index is 6.46. The summed E-state index contributed by atoms with van der Waals surface area (Å²) >= 11 is 0. The smallest absolute Gasteiger partial charge is 0.164 e. The first kappa shape index (κ1) is 34.5. The van der Waals surface area contributed by atoms with Gasteiger partial charge in [0.25, 0.3) is 0 Å². The van der Waals surface area contributed by atoms with Gasteiger partial charge in [-0.2, -0.15) is 0 Å². The number of hydrogen-bond donors (Lipinski definition) is 0. The molecule has 0 amide bonds. The van der Waals surface area contributed by atoms with Gasteiger partial charge in [-0.1, -0.05) is 153 Å². The second kappa shape index (κ2) is 14.6. The van der Waals surface area contributed by atoms with Crippen LogP contribution in [0.5, 0.6) is 0 Å². The third-order valence-electron chi connectivity index (χ3n) is 10.4. The topological polar surface area (TPSA) is 69.6 Å². The highest BCUT2D eigenvalue weighted by Crippen LogP contribution is 2.39. The van der Waals surface area contributed by atoms with Gasteiger partial charge in [0.2, 0.25) is 0 Å². The molecule has 0 saturated heterocycles. The maximum Gasteiger partial charge on any atom is 0.164 e. The van der Waals surface area contributed by atoms with Crippen LogP contribution < -0.4 is 0 Å². The third-order valence-corrected chi connectivity index (χ3v) is 10.4. The predicted molar refractivity (Wildman–Crippen MR) is 237 cm³/mol. The van der Waals surface area contributed by atoms with Crippen molar-refractivity contribution in [2.45, 2.75) is 0 Å². The Kier molecular flexibility index (Phi) is 8.69. The largest absolute Gasteiger partial charge is 0.456 e. The van der Waals surface area contributed by atoms with Crippen LogP contribution in [0.3, 0.4) is 0 Å². The highest BCUT2D eigenvalue weighted by molar-refractivity contribution is 6.12. The molecule has 0 aliphatic heterocycles. The summed E-state index contributed by atoms with van der Waals surface area (Å²) in [6.45, 7) is 7.90. The molecule has 3 heterocycles. The molecule has 58 heavy (non-hydrogen) atoms. The number of fused-ring (bicyclic) bond motifs is 4. The van der Waals surface area contributed by atoms with E-state index in [1.54, 1.807) is 12.2 Å². The van der Waals surface area contributed by atoms with E-state index in [1.807, 2.05) is 72.8 Å². The van der Waals surface area contributed by atoms with Crippen molar-refractivity contribution in [1.82, 2.24) is 24.5 Å². The summed E-state index contributed by atoms with van der Waals surface area (Å²) in [6.07, 6.45) is 5.30. The molecule has 0 aliphatic rings. The van der Waals surface area contributed by atoms with Gasteiger partial charge in [0, 0.05) is 38.7 Å². The molecular formula is C52H35N5O. The normalized spacial score (nSPS) is 11.7. The van der Waals surface area contributed by atoms with Crippen LogP contribution in [0.15, 0.2) is 206 Å². The van der Waals surface area contributed by atoms with E-state index < -0.39 is 0 Å². The zero-order valence-corrected chi connectivity index (χ0v) is 31.5. The van der Waals surface area contributed by atoms with Gasteiger partial charge in [-0.25, -0.2) is 19.9 Å². The Morgan fingerprint density at radius 3 is 1.97 bits per heavy atom. The lowest BCUT2D eigenvalue weighted by molar-refractivity contribution is 0.669. The molecule has 0 N–H and O–H groups in total. The van der Waals surface area contributed by atoms with Crippen LogP contribution in [0.1, 0.15) is 5.82 Å². The van der Waals surface area contributed by atoms with Gasteiger partial charge in [-0.15, -0.1) is 0 Å². The van der Waals surface area contributed by atoms with E-state index in [-0.39, 0.29) is 0 Å². The Morgan fingerprint density at radius 1 is 0.517 bits per heavy atom. The lowest BCUT2D eigenvalue weighted by Gasteiger charge is -2.12. The van der Waals surface area contributed by atoms with Crippen molar-refractivity contribution in [3.05, 3.63) is 207 Å². The summed E-state index contributed by atoms with van der Waals surface area (Å²) < 4.78 is 8.71. The minimum atomic E-state index is 0.513. The Balaban J connectivity index is 1.09. The van der Waals surface area contributed by atoms with Crippen molar-refractivity contribution in [3.63, 3.8) is 0 Å². The Bertz CT molecular complexity index is 3190. The van der Waals surface area contributed by atoms with Crippen LogP contribution in [0.25, 0.3) is 101 Å². The van der Waals surface area contributed by atoms with Gasteiger partial charge in [0.15, 0.2) is 17.5 Å². The van der Waals surface area contributed by atoms with Gasteiger partial charge < -0.3 is 4.42 Å². The molecule has 274 valence electrons. The van der Waals surface area contributed by atoms with E-state index >= 15 is 0 Å². The van der Waals surface area contributed by atoms with Crippen molar-refractivity contribution in [1.29, 1.82) is 0 Å². The zero-order chi connectivity index (χ0) is 39.0. The Labute approximate surface area is 335 Å². The fourth-order valence-electron chi connectivity index (χ4n) is 7.65. The standard InChI is InChI=1S/C52H35N5O/c1-3-15-34(4-2)49-54-50(37-18-9-6-10-19-37)56-51(55-49)42-22-14-25-47-48(42)43-33-39(28-31-46(43)58-47)38-20-13-21-40(32-38)52-53-44-23-11-12-24-45(44)57(52)41-29-26-36(27-30-41)35-16-7-5-8-17-35/h3-33H,1-2H2/b34-15+. The highest BCUT2D eigenvalue weighted by Gasteiger charge is 2.20. The quantitative estimate of drug-likeness (QED) is 0.138. The van der Waals surface area contributed by atoms with Gasteiger partial charge in [-0.05, 0) is 70.8 Å². The minimum Gasteiger partial charge on any atom is -0.456 e. The lowest BCUT2D eigenvalue weighted by Crippen LogP contribution is -2.02. The number of imidazole rings is 1. The molecule has 7 aromatic carbocycles. The van der Waals surface area contributed by atoms with E-state index in [0.717, 1.165) is 77.9 Å². The molecule has 10 aromatic rings. The van der Waals surface area contributed by atoms with Crippen LogP contribution in [-0.2, 0) is 0 Å². The fourth-order valence-corrected chi connectivity index (χ4v) is 7.65. The lowest BCUT2D eigenvalue weighted by atomic mass is 9.99. The number of para-hydroxylation sites is 2. The van der Waals surface area contributed by atoms with Crippen LogP contribution in [0.4, 0.5) is 0 Å². The first-order chi connectivity index (χ1) is 28.6. The molecule has 0 saturated carbocycles. The first-order valence-electron chi connectivity index (χ1n) is 19.1. The molecule has 0 atom stereocenters. The number of aromatic nitrogens is 5. The van der Waals surface area contributed by atoms with Gasteiger partial charge in [0.1, 0.15) is 17.0 Å². The van der Waals surface area contributed by atoms with Crippen molar-refractivity contribution >= 4 is 38.5 Å². The second-order valence-corrected chi connectivity index (χ2v) is 14.0. The predicted octanol–water partition coefficient (Wildman–Crippen LogP) is 13.2. The third kappa shape index (κ3) is 6.19. The van der Waals surface area contributed by atoms with Crippen LogP contribution in [0.2, 0.25) is 0 Å². The molecule has 0 bridgehead atoms. The number of furan rings is 1. The number of benzene rings is 7. The molecule has 3 aromatic heterocycles. The zero-order valence-electron chi connectivity index (χ0n) is 31.5. The molecule has 10 rings (SSSR count). The number of allylic oxidation sites excluding steroid dienone is 4.